The van der Waals surface area contributed by atoms with E-state index in [1.807, 2.05) is 0 Å². The van der Waals surface area contributed by atoms with Crippen molar-refractivity contribution in [3.05, 3.63) is 80.6 Å². The monoisotopic (exact) mass is 566 g/mol. The van der Waals surface area contributed by atoms with Crippen LogP contribution in [0.5, 0.6) is 0 Å². The van der Waals surface area contributed by atoms with Crippen LogP contribution in [0.4, 0.5) is 5.69 Å². The first-order valence-electron chi connectivity index (χ1n) is 10.2. The van der Waals surface area contributed by atoms with Crippen LogP contribution in [0.25, 0.3) is 0 Å². The summed E-state index contributed by atoms with van der Waals surface area (Å²) in [5.74, 6) is -1.17. The second kappa shape index (κ2) is 10.1. The van der Waals surface area contributed by atoms with E-state index in [0.717, 1.165) is 11.3 Å². The van der Waals surface area contributed by atoms with Crippen LogP contribution >= 0.6 is 38.9 Å². The molecule has 10 heteroatoms. The number of nitrogens with one attached hydrogen (secondary N) is 1. The number of amides is 1. The Labute approximate surface area is 209 Å². The van der Waals surface area contributed by atoms with Crippen LogP contribution in [0, 0.1) is 5.92 Å². The third-order valence-corrected chi connectivity index (χ3v) is 9.51. The van der Waals surface area contributed by atoms with E-state index in [2.05, 4.69) is 21.2 Å². The number of benzene rings is 2. The number of nitrogens with zero attached hydrogens (tertiary/aromatic N) is 1. The van der Waals surface area contributed by atoms with Crippen molar-refractivity contribution in [2.24, 2.45) is 5.92 Å². The van der Waals surface area contributed by atoms with Gasteiger partial charge in [-0.1, -0.05) is 45.7 Å². The van der Waals surface area contributed by atoms with Crippen molar-refractivity contribution in [1.82, 2.24) is 4.31 Å². The molecule has 0 radical (unpaired) electrons. The van der Waals surface area contributed by atoms with Gasteiger partial charge >= 0.3 is 0 Å². The van der Waals surface area contributed by atoms with Gasteiger partial charge in [-0.2, -0.15) is 4.31 Å². The van der Waals surface area contributed by atoms with Gasteiger partial charge in [0.15, 0.2) is 5.78 Å². The largest absolute Gasteiger partial charge is 0.325 e. The molecule has 1 unspecified atom stereocenters. The SMILES string of the molecule is O=C(c1ccccc1Cl)c1cc(Br)ccc1NC(=O)C1CCCN(S(=O)(=O)c2cccs2)C1. The first-order chi connectivity index (χ1) is 15.8. The van der Waals surface area contributed by atoms with E-state index in [4.69, 9.17) is 11.6 Å². The minimum absolute atomic E-state index is 0.0936. The Kier molecular flexibility index (Phi) is 7.35. The molecule has 6 nitrogen and oxygen atoms in total. The second-order valence-electron chi connectivity index (χ2n) is 7.62. The highest BCUT2D eigenvalue weighted by atomic mass is 79.9. The van der Waals surface area contributed by atoms with Crippen molar-refractivity contribution >= 4 is 66.3 Å². The fourth-order valence-electron chi connectivity index (χ4n) is 3.75. The molecule has 0 saturated carbocycles. The van der Waals surface area contributed by atoms with E-state index < -0.39 is 15.9 Å². The van der Waals surface area contributed by atoms with Crippen LogP contribution in [-0.4, -0.2) is 37.5 Å². The van der Waals surface area contributed by atoms with Gasteiger partial charge in [0.05, 0.1) is 16.6 Å². The maximum atomic E-state index is 13.2. The zero-order chi connectivity index (χ0) is 23.6. The fraction of sp³-hybridized carbons (Fsp3) is 0.217. The number of thiophene rings is 1. The lowest BCUT2D eigenvalue weighted by atomic mass is 9.97. The Morgan fingerprint density at radius 2 is 1.88 bits per heavy atom. The molecule has 1 saturated heterocycles. The first-order valence-corrected chi connectivity index (χ1v) is 13.7. The number of hydrogen-bond donors (Lipinski definition) is 1. The molecule has 172 valence electrons. The molecule has 2 heterocycles. The lowest BCUT2D eigenvalue weighted by Crippen LogP contribution is -2.43. The average molecular weight is 568 g/mol. The number of carbonyl (C=O) groups excluding carboxylic acids is 2. The van der Waals surface area contributed by atoms with Crippen LogP contribution in [0.2, 0.25) is 5.02 Å². The highest BCUT2D eigenvalue weighted by molar-refractivity contribution is 9.10. The van der Waals surface area contributed by atoms with Gasteiger partial charge in [0, 0.05) is 28.7 Å². The molecule has 1 aliphatic heterocycles. The normalized spacial score (nSPS) is 17.0. The van der Waals surface area contributed by atoms with Crippen LogP contribution in [0.15, 0.2) is 68.7 Å². The van der Waals surface area contributed by atoms with Gasteiger partial charge in [-0.25, -0.2) is 8.42 Å². The summed E-state index contributed by atoms with van der Waals surface area (Å²) in [5, 5.41) is 4.88. The molecule has 1 N–H and O–H groups in total. The Bertz CT molecular complexity index is 1300. The van der Waals surface area contributed by atoms with E-state index in [9.17, 15) is 18.0 Å². The van der Waals surface area contributed by atoms with Crippen molar-refractivity contribution in [3.63, 3.8) is 0 Å². The Balaban J connectivity index is 1.55. The van der Waals surface area contributed by atoms with E-state index >= 15 is 0 Å². The van der Waals surface area contributed by atoms with Crippen LogP contribution in [0.3, 0.4) is 0 Å². The number of hydrogen-bond acceptors (Lipinski definition) is 5. The van der Waals surface area contributed by atoms with Gasteiger partial charge in [0.25, 0.3) is 10.0 Å². The molecule has 1 fully saturated rings. The third kappa shape index (κ3) is 5.22. The fourth-order valence-corrected chi connectivity index (χ4v) is 7.00. The maximum Gasteiger partial charge on any atom is 0.252 e. The molecule has 4 rings (SSSR count). The topological polar surface area (TPSA) is 83.6 Å². The number of piperidine rings is 1. The molecule has 1 amide bonds. The average Bonchev–Trinajstić information content (AvgIpc) is 3.36. The number of halogens is 2. The van der Waals surface area contributed by atoms with Gasteiger partial charge in [0.2, 0.25) is 5.91 Å². The summed E-state index contributed by atoms with van der Waals surface area (Å²) in [6.45, 7) is 0.467. The smallest absolute Gasteiger partial charge is 0.252 e. The van der Waals surface area contributed by atoms with Crippen molar-refractivity contribution < 1.29 is 18.0 Å². The lowest BCUT2D eigenvalue weighted by Gasteiger charge is -2.31. The van der Waals surface area contributed by atoms with Crippen LogP contribution in [-0.2, 0) is 14.8 Å². The van der Waals surface area contributed by atoms with Gasteiger partial charge < -0.3 is 5.32 Å². The number of rotatable bonds is 6. The summed E-state index contributed by atoms with van der Waals surface area (Å²) in [4.78, 5) is 26.3. The first kappa shape index (κ1) is 24.1. The predicted molar refractivity (Wildman–Crippen MR) is 133 cm³/mol. The molecular weight excluding hydrogens is 548 g/mol. The Morgan fingerprint density at radius 3 is 2.61 bits per heavy atom. The van der Waals surface area contributed by atoms with Gasteiger partial charge in [0.1, 0.15) is 4.21 Å². The maximum absolute atomic E-state index is 13.2. The molecule has 1 atom stereocenters. The Morgan fingerprint density at radius 1 is 1.09 bits per heavy atom. The molecule has 0 spiro atoms. The summed E-state index contributed by atoms with van der Waals surface area (Å²) >= 11 is 10.7. The summed E-state index contributed by atoms with van der Waals surface area (Å²) in [7, 11) is -3.63. The number of carbonyl (C=O) groups is 2. The van der Waals surface area contributed by atoms with Crippen LogP contribution < -0.4 is 5.32 Å². The lowest BCUT2D eigenvalue weighted by molar-refractivity contribution is -0.120. The molecule has 1 aliphatic rings. The quantitative estimate of drug-likeness (QED) is 0.403. The molecule has 2 aromatic carbocycles. The van der Waals surface area contributed by atoms with Crippen molar-refractivity contribution in [3.8, 4) is 0 Å². The molecule has 0 aliphatic carbocycles. The zero-order valence-corrected chi connectivity index (χ0v) is 21.3. The number of ketones is 1. The van der Waals surface area contributed by atoms with E-state index in [1.165, 1.54) is 4.31 Å². The van der Waals surface area contributed by atoms with Gasteiger partial charge in [-0.3, -0.25) is 9.59 Å². The molecule has 1 aromatic heterocycles. The molecule has 3 aromatic rings. The van der Waals surface area contributed by atoms with E-state index in [0.29, 0.717) is 45.7 Å². The predicted octanol–water partition coefficient (Wildman–Crippen LogP) is 5.43. The summed E-state index contributed by atoms with van der Waals surface area (Å²) < 4.78 is 28.1. The van der Waals surface area contributed by atoms with E-state index in [-0.39, 0.29) is 22.4 Å². The second-order valence-corrected chi connectivity index (χ2v) is 12.1. The minimum atomic E-state index is -3.63. The summed E-state index contributed by atoms with van der Waals surface area (Å²) in [5.41, 5.74) is 0.981. The van der Waals surface area contributed by atoms with Crippen molar-refractivity contribution in [2.45, 2.75) is 17.1 Å². The van der Waals surface area contributed by atoms with Crippen LogP contribution in [0.1, 0.15) is 28.8 Å². The zero-order valence-electron chi connectivity index (χ0n) is 17.3. The summed E-state index contributed by atoms with van der Waals surface area (Å²) in [6, 6.07) is 15.0. The van der Waals surface area contributed by atoms with E-state index in [1.54, 1.807) is 60.0 Å². The molecular formula is C23H20BrClN2O4S2. The third-order valence-electron chi connectivity index (χ3n) is 5.45. The highest BCUT2D eigenvalue weighted by Gasteiger charge is 2.34. The number of sulfonamides is 1. The standard InChI is InChI=1S/C23H20BrClN2O4S2/c24-16-9-10-20(18(13-16)22(28)17-6-1-2-7-19(17)25)26-23(29)15-5-3-11-27(14-15)33(30,31)21-8-4-12-32-21/h1-2,4,6-10,12-13,15H,3,5,11,14H2,(H,26,29). The highest BCUT2D eigenvalue weighted by Crippen LogP contribution is 2.30. The molecule has 33 heavy (non-hydrogen) atoms. The molecule has 0 bridgehead atoms. The Hall–Kier alpha value is -2.04. The van der Waals surface area contributed by atoms with Crippen molar-refractivity contribution in [1.29, 1.82) is 0 Å². The van der Waals surface area contributed by atoms with Gasteiger partial charge in [-0.15, -0.1) is 11.3 Å². The van der Waals surface area contributed by atoms with Crippen molar-refractivity contribution in [2.75, 3.05) is 18.4 Å². The number of anilines is 1. The van der Waals surface area contributed by atoms with Gasteiger partial charge in [-0.05, 0) is 54.6 Å². The summed E-state index contributed by atoms with van der Waals surface area (Å²) in [6.07, 6.45) is 1.14. The minimum Gasteiger partial charge on any atom is -0.325 e.